The first kappa shape index (κ1) is 16.6. The molecule has 0 spiro atoms. The molecule has 1 aliphatic heterocycles. The highest BCUT2D eigenvalue weighted by Crippen LogP contribution is 2.26. The quantitative estimate of drug-likeness (QED) is 0.885. The lowest BCUT2D eigenvalue weighted by molar-refractivity contribution is -0.116. The molecule has 5 heteroatoms. The highest BCUT2D eigenvalue weighted by molar-refractivity contribution is 5.92. The van der Waals surface area contributed by atoms with Gasteiger partial charge >= 0.3 is 0 Å². The van der Waals surface area contributed by atoms with Gasteiger partial charge in [0.15, 0.2) is 0 Å². The highest BCUT2D eigenvalue weighted by Gasteiger charge is 2.15. The SMILES string of the molecule is CCc1nn(C)c(CC)c1CNc1ccc2c(c1)CCCC(=O)N2. The molecule has 1 aromatic heterocycles. The fraction of sp³-hybridized carbons (Fsp3) is 0.474. The van der Waals surface area contributed by atoms with E-state index in [2.05, 4.69) is 35.6 Å². The molecule has 0 atom stereocenters. The van der Waals surface area contributed by atoms with Gasteiger partial charge in [-0.15, -0.1) is 0 Å². The van der Waals surface area contributed by atoms with E-state index in [1.165, 1.54) is 22.5 Å². The Morgan fingerprint density at radius 2 is 2.08 bits per heavy atom. The van der Waals surface area contributed by atoms with Crippen molar-refractivity contribution in [2.75, 3.05) is 10.6 Å². The van der Waals surface area contributed by atoms with E-state index < -0.39 is 0 Å². The molecular weight excluding hydrogens is 300 g/mol. The molecule has 0 aliphatic carbocycles. The lowest BCUT2D eigenvalue weighted by atomic mass is 10.1. The number of hydrogen-bond donors (Lipinski definition) is 2. The average molecular weight is 326 g/mol. The van der Waals surface area contributed by atoms with E-state index >= 15 is 0 Å². The van der Waals surface area contributed by atoms with Crippen LogP contribution in [0.4, 0.5) is 11.4 Å². The molecule has 0 bridgehead atoms. The van der Waals surface area contributed by atoms with Crippen LogP contribution in [0.3, 0.4) is 0 Å². The van der Waals surface area contributed by atoms with E-state index in [-0.39, 0.29) is 5.91 Å². The number of carbonyl (C=O) groups excluding carboxylic acids is 1. The normalized spacial score (nSPS) is 14.0. The van der Waals surface area contributed by atoms with E-state index in [1.807, 2.05) is 23.9 Å². The third kappa shape index (κ3) is 3.30. The molecule has 2 N–H and O–H groups in total. The van der Waals surface area contributed by atoms with Crippen LogP contribution in [0.5, 0.6) is 0 Å². The molecule has 1 aliphatic rings. The van der Waals surface area contributed by atoms with Gasteiger partial charge in [0, 0.05) is 42.6 Å². The summed E-state index contributed by atoms with van der Waals surface area (Å²) in [6.07, 6.45) is 4.38. The predicted octanol–water partition coefficient (Wildman–Crippen LogP) is 3.43. The number of benzene rings is 1. The smallest absolute Gasteiger partial charge is 0.224 e. The zero-order valence-electron chi connectivity index (χ0n) is 14.8. The lowest BCUT2D eigenvalue weighted by Gasteiger charge is -2.12. The van der Waals surface area contributed by atoms with Crippen molar-refractivity contribution in [1.82, 2.24) is 9.78 Å². The molecule has 0 saturated heterocycles. The maximum atomic E-state index is 11.6. The van der Waals surface area contributed by atoms with Crippen LogP contribution in [0.2, 0.25) is 0 Å². The predicted molar refractivity (Wildman–Crippen MR) is 97.3 cm³/mol. The van der Waals surface area contributed by atoms with Crippen LogP contribution in [-0.2, 0) is 37.6 Å². The number of amides is 1. The molecule has 0 fully saturated rings. The van der Waals surface area contributed by atoms with Gasteiger partial charge in [-0.05, 0) is 49.4 Å². The minimum absolute atomic E-state index is 0.116. The molecule has 2 heterocycles. The fourth-order valence-corrected chi connectivity index (χ4v) is 3.47. The Morgan fingerprint density at radius 3 is 2.83 bits per heavy atom. The van der Waals surface area contributed by atoms with Crippen molar-refractivity contribution in [1.29, 1.82) is 0 Å². The summed E-state index contributed by atoms with van der Waals surface area (Å²) in [5, 5.41) is 11.2. The van der Waals surface area contributed by atoms with Gasteiger partial charge in [-0.3, -0.25) is 9.48 Å². The number of fused-ring (bicyclic) bond motifs is 1. The van der Waals surface area contributed by atoms with Crippen LogP contribution < -0.4 is 10.6 Å². The van der Waals surface area contributed by atoms with Gasteiger partial charge in [-0.25, -0.2) is 0 Å². The Hall–Kier alpha value is -2.30. The summed E-state index contributed by atoms with van der Waals surface area (Å²) >= 11 is 0. The topological polar surface area (TPSA) is 59.0 Å². The summed E-state index contributed by atoms with van der Waals surface area (Å²) in [4.78, 5) is 11.6. The Balaban J connectivity index is 1.78. The van der Waals surface area contributed by atoms with Gasteiger partial charge in [0.1, 0.15) is 0 Å². The molecule has 5 nitrogen and oxygen atoms in total. The summed E-state index contributed by atoms with van der Waals surface area (Å²) in [6.45, 7) is 5.10. The minimum atomic E-state index is 0.116. The molecular formula is C19H26N4O. The van der Waals surface area contributed by atoms with Crippen molar-refractivity contribution in [2.45, 2.75) is 52.5 Å². The van der Waals surface area contributed by atoms with Crippen molar-refractivity contribution in [3.05, 3.63) is 40.7 Å². The van der Waals surface area contributed by atoms with Crippen LogP contribution in [0.25, 0.3) is 0 Å². The Morgan fingerprint density at radius 1 is 1.25 bits per heavy atom. The number of carbonyl (C=O) groups is 1. The summed E-state index contributed by atoms with van der Waals surface area (Å²) in [7, 11) is 2.02. The molecule has 1 amide bonds. The first-order valence-corrected chi connectivity index (χ1v) is 8.82. The van der Waals surface area contributed by atoms with Crippen LogP contribution >= 0.6 is 0 Å². The van der Waals surface area contributed by atoms with E-state index in [9.17, 15) is 4.79 Å². The summed E-state index contributed by atoms with van der Waals surface area (Å²) in [5.74, 6) is 0.116. The third-order valence-corrected chi connectivity index (χ3v) is 4.73. The van der Waals surface area contributed by atoms with E-state index in [1.54, 1.807) is 0 Å². The molecule has 0 radical (unpaired) electrons. The summed E-state index contributed by atoms with van der Waals surface area (Å²) in [5.41, 5.74) is 7.03. The van der Waals surface area contributed by atoms with E-state index in [4.69, 9.17) is 0 Å². The van der Waals surface area contributed by atoms with Gasteiger partial charge in [0.05, 0.1) is 5.69 Å². The lowest BCUT2D eigenvalue weighted by Crippen LogP contribution is -2.09. The second kappa shape index (κ2) is 7.07. The van der Waals surface area contributed by atoms with E-state index in [0.29, 0.717) is 6.42 Å². The van der Waals surface area contributed by atoms with Gasteiger partial charge in [-0.2, -0.15) is 5.10 Å². The van der Waals surface area contributed by atoms with Crippen LogP contribution in [0, 0.1) is 0 Å². The van der Waals surface area contributed by atoms with Gasteiger partial charge in [0.2, 0.25) is 5.91 Å². The molecule has 2 aromatic rings. The average Bonchev–Trinajstić information content (AvgIpc) is 2.76. The monoisotopic (exact) mass is 326 g/mol. The second-order valence-electron chi connectivity index (χ2n) is 6.33. The molecule has 0 saturated carbocycles. The number of aryl methyl sites for hydroxylation is 3. The number of nitrogens with zero attached hydrogens (tertiary/aromatic N) is 2. The van der Waals surface area contributed by atoms with Gasteiger partial charge in [0.25, 0.3) is 0 Å². The molecule has 24 heavy (non-hydrogen) atoms. The Bertz CT molecular complexity index is 748. The number of aromatic nitrogens is 2. The van der Waals surface area contributed by atoms with Crippen LogP contribution in [0.1, 0.15) is 49.2 Å². The number of nitrogens with one attached hydrogen (secondary N) is 2. The van der Waals surface area contributed by atoms with Crippen molar-refractivity contribution >= 4 is 17.3 Å². The van der Waals surface area contributed by atoms with Crippen LogP contribution in [0.15, 0.2) is 18.2 Å². The Labute approximate surface area is 143 Å². The molecule has 128 valence electrons. The van der Waals surface area contributed by atoms with Crippen molar-refractivity contribution in [2.24, 2.45) is 7.05 Å². The minimum Gasteiger partial charge on any atom is -0.381 e. The third-order valence-electron chi connectivity index (χ3n) is 4.73. The molecule has 3 rings (SSSR count). The van der Waals surface area contributed by atoms with Gasteiger partial charge < -0.3 is 10.6 Å². The highest BCUT2D eigenvalue weighted by atomic mass is 16.1. The first-order valence-electron chi connectivity index (χ1n) is 8.82. The second-order valence-corrected chi connectivity index (χ2v) is 6.33. The van der Waals surface area contributed by atoms with Gasteiger partial charge in [-0.1, -0.05) is 13.8 Å². The van der Waals surface area contributed by atoms with Crippen molar-refractivity contribution < 1.29 is 4.79 Å². The standard InChI is InChI=1S/C19H26N4O/c1-4-16-15(18(5-2)23(3)22-16)12-20-14-9-10-17-13(11-14)7-6-8-19(24)21-17/h9-11,20H,4-8,12H2,1-3H3,(H,21,24). The Kier molecular flexibility index (Phi) is 4.88. The largest absolute Gasteiger partial charge is 0.381 e. The van der Waals surface area contributed by atoms with Crippen LogP contribution in [-0.4, -0.2) is 15.7 Å². The maximum absolute atomic E-state index is 11.6. The van der Waals surface area contributed by atoms with Crippen molar-refractivity contribution in [3.8, 4) is 0 Å². The summed E-state index contributed by atoms with van der Waals surface area (Å²) in [6, 6.07) is 6.21. The number of anilines is 2. The number of rotatable bonds is 5. The van der Waals surface area contributed by atoms with Crippen molar-refractivity contribution in [3.63, 3.8) is 0 Å². The van der Waals surface area contributed by atoms with E-state index in [0.717, 1.165) is 43.6 Å². The summed E-state index contributed by atoms with van der Waals surface area (Å²) < 4.78 is 2.00. The zero-order chi connectivity index (χ0) is 17.1. The molecule has 0 unspecified atom stereocenters. The fourth-order valence-electron chi connectivity index (χ4n) is 3.47. The number of hydrogen-bond acceptors (Lipinski definition) is 3. The maximum Gasteiger partial charge on any atom is 0.224 e. The zero-order valence-corrected chi connectivity index (χ0v) is 14.8. The molecule has 1 aromatic carbocycles. The first-order chi connectivity index (χ1) is 11.6.